The molecule has 0 saturated heterocycles. The van der Waals surface area contributed by atoms with Crippen molar-refractivity contribution in [2.45, 2.75) is 33.1 Å². The summed E-state index contributed by atoms with van der Waals surface area (Å²) in [6.45, 7) is 4.01. The fourth-order valence-electron chi connectivity index (χ4n) is 3.18. The molecule has 1 unspecified atom stereocenters. The van der Waals surface area contributed by atoms with Crippen LogP contribution in [0.1, 0.15) is 49.1 Å². The minimum atomic E-state index is -4.61. The van der Waals surface area contributed by atoms with Gasteiger partial charge in [0, 0.05) is 30.0 Å². The molecule has 0 spiro atoms. The maximum atomic E-state index is 13.4. The minimum Gasteiger partial charge on any atom is -0.428 e. The lowest BCUT2D eigenvalue weighted by Crippen LogP contribution is -2.40. The summed E-state index contributed by atoms with van der Waals surface area (Å²) >= 11 is 0. The molecule has 0 aliphatic heterocycles. The van der Waals surface area contributed by atoms with Gasteiger partial charge in [-0.1, -0.05) is 60.6 Å². The van der Waals surface area contributed by atoms with E-state index in [1.165, 1.54) is 37.6 Å². The van der Waals surface area contributed by atoms with Crippen LogP contribution in [0, 0.1) is 5.92 Å². The number of imide groups is 1. The molecule has 0 saturated carbocycles. The largest absolute Gasteiger partial charge is 0.428 e. The zero-order valence-electron chi connectivity index (χ0n) is 21.9. The highest BCUT2D eigenvalue weighted by molar-refractivity contribution is 6.47. The van der Waals surface area contributed by atoms with E-state index in [0.717, 1.165) is 19.2 Å². The van der Waals surface area contributed by atoms with Gasteiger partial charge in [0.2, 0.25) is 6.79 Å². The monoisotopic (exact) mass is 551 g/mol. The van der Waals surface area contributed by atoms with Crippen LogP contribution in [0.15, 0.2) is 58.8 Å². The van der Waals surface area contributed by atoms with Crippen molar-refractivity contribution in [3.8, 4) is 0 Å². The van der Waals surface area contributed by atoms with Gasteiger partial charge in [-0.05, 0) is 19.1 Å². The smallest absolute Gasteiger partial charge is 0.419 e. The van der Waals surface area contributed by atoms with E-state index >= 15 is 0 Å². The number of carbonyl (C=O) groups excluding carboxylic acids is 3. The lowest BCUT2D eigenvalue weighted by Gasteiger charge is -2.22. The molecule has 39 heavy (non-hydrogen) atoms. The molecule has 0 bridgehead atoms. The molecule has 210 valence electrons. The molecule has 0 N–H and O–H groups in total. The number of alkyl halides is 3. The van der Waals surface area contributed by atoms with Crippen molar-refractivity contribution in [3.63, 3.8) is 0 Å². The fourth-order valence-corrected chi connectivity index (χ4v) is 3.18. The number of amides is 2. The van der Waals surface area contributed by atoms with E-state index in [1.54, 1.807) is 32.9 Å². The number of nitrogens with zero attached hydrogens (tertiary/aromatic N) is 3. The average Bonchev–Trinajstić information content (AvgIpc) is 2.91. The van der Waals surface area contributed by atoms with Gasteiger partial charge in [-0.15, -0.1) is 0 Å². The van der Waals surface area contributed by atoms with E-state index in [2.05, 4.69) is 10.3 Å². The van der Waals surface area contributed by atoms with Crippen LogP contribution in [0.3, 0.4) is 0 Å². The van der Waals surface area contributed by atoms with Gasteiger partial charge < -0.3 is 19.1 Å². The number of benzene rings is 2. The highest BCUT2D eigenvalue weighted by Crippen LogP contribution is 2.35. The quantitative estimate of drug-likeness (QED) is 0.178. The second-order valence-corrected chi connectivity index (χ2v) is 8.19. The molecule has 2 aromatic carbocycles. The van der Waals surface area contributed by atoms with Gasteiger partial charge in [0.25, 0.3) is 5.91 Å². The normalized spacial score (nSPS) is 12.7. The van der Waals surface area contributed by atoms with Crippen molar-refractivity contribution in [1.29, 1.82) is 0 Å². The summed E-state index contributed by atoms with van der Waals surface area (Å²) in [6, 6.07) is 10.5. The molecule has 10 nitrogen and oxygen atoms in total. The van der Waals surface area contributed by atoms with E-state index in [1.807, 2.05) is 0 Å². The van der Waals surface area contributed by atoms with Crippen LogP contribution >= 0.6 is 0 Å². The Morgan fingerprint density at radius 1 is 1.05 bits per heavy atom. The zero-order valence-corrected chi connectivity index (χ0v) is 21.9. The Labute approximate surface area is 222 Å². The van der Waals surface area contributed by atoms with Crippen LogP contribution in [0.2, 0.25) is 0 Å². The lowest BCUT2D eigenvalue weighted by molar-refractivity contribution is -0.156. The molecule has 2 rings (SSSR count). The Bertz CT molecular complexity index is 1230. The molecule has 1 atom stereocenters. The first-order valence-corrected chi connectivity index (χ1v) is 11.5. The second kappa shape index (κ2) is 13.9. The summed E-state index contributed by atoms with van der Waals surface area (Å²) in [5.41, 5.74) is -0.906. The molecule has 2 amide bonds. The van der Waals surface area contributed by atoms with Gasteiger partial charge in [-0.25, -0.2) is 9.69 Å². The molecule has 0 radical (unpaired) electrons. The van der Waals surface area contributed by atoms with Crippen molar-refractivity contribution < 1.29 is 46.7 Å². The molecule has 0 aromatic heterocycles. The van der Waals surface area contributed by atoms with Crippen molar-refractivity contribution in [2.24, 2.45) is 16.2 Å². The first-order valence-electron chi connectivity index (χ1n) is 11.5. The van der Waals surface area contributed by atoms with Crippen LogP contribution in [0.25, 0.3) is 0 Å². The number of carbonyl (C=O) groups is 3. The molecular weight excluding hydrogens is 523 g/mol. The van der Waals surface area contributed by atoms with Crippen LogP contribution in [-0.4, -0.2) is 55.7 Å². The highest BCUT2D eigenvalue weighted by Gasteiger charge is 2.33. The van der Waals surface area contributed by atoms with Crippen LogP contribution in [-0.2, 0) is 34.9 Å². The van der Waals surface area contributed by atoms with E-state index in [4.69, 9.17) is 19.1 Å². The van der Waals surface area contributed by atoms with E-state index in [-0.39, 0.29) is 22.4 Å². The summed E-state index contributed by atoms with van der Waals surface area (Å²) in [7, 11) is 2.27. The Balaban J connectivity index is 2.47. The topological polar surface area (TPSA) is 116 Å². The van der Waals surface area contributed by atoms with E-state index in [0.29, 0.717) is 4.90 Å². The van der Waals surface area contributed by atoms with Crippen molar-refractivity contribution in [1.82, 2.24) is 4.90 Å². The molecule has 0 heterocycles. The second-order valence-electron chi connectivity index (χ2n) is 8.19. The minimum absolute atomic E-state index is 0.0870. The van der Waals surface area contributed by atoms with Crippen molar-refractivity contribution >= 4 is 29.9 Å². The molecule has 0 aliphatic rings. The van der Waals surface area contributed by atoms with Crippen LogP contribution < -0.4 is 0 Å². The Kier molecular flexibility index (Phi) is 11.0. The van der Waals surface area contributed by atoms with Gasteiger partial charge in [0.05, 0.1) is 11.5 Å². The zero-order chi connectivity index (χ0) is 29.2. The Morgan fingerprint density at radius 3 is 2.36 bits per heavy atom. The third kappa shape index (κ3) is 8.28. The van der Waals surface area contributed by atoms with Gasteiger partial charge in [-0.3, -0.25) is 9.59 Å². The number of oxime groups is 2. The van der Waals surface area contributed by atoms with Crippen LogP contribution in [0.4, 0.5) is 18.0 Å². The summed E-state index contributed by atoms with van der Waals surface area (Å²) in [6.07, 6.45) is -5.67. The number of hydrogen-bond donors (Lipinski definition) is 0. The molecule has 2 aromatic rings. The van der Waals surface area contributed by atoms with E-state index in [9.17, 15) is 27.6 Å². The SMILES string of the molecule is C/C=N/OC(c1cccc(C(F)(F)F)c1)c1ccccc1/C(=N\OC)C(=O)N(C)C(=O)OCOC(=O)C(C)C. The number of ether oxygens (including phenoxy) is 2. The third-order valence-corrected chi connectivity index (χ3v) is 5.11. The maximum Gasteiger partial charge on any atom is 0.419 e. The Hall–Kier alpha value is -4.42. The number of esters is 1. The third-order valence-electron chi connectivity index (χ3n) is 5.11. The van der Waals surface area contributed by atoms with Crippen LogP contribution in [0.5, 0.6) is 0 Å². The average molecular weight is 552 g/mol. The van der Waals surface area contributed by atoms with Crippen molar-refractivity contribution in [3.05, 3.63) is 70.8 Å². The molecule has 0 fully saturated rings. The fraction of sp³-hybridized carbons (Fsp3) is 0.346. The number of rotatable bonds is 10. The van der Waals surface area contributed by atoms with Crippen molar-refractivity contribution in [2.75, 3.05) is 21.0 Å². The van der Waals surface area contributed by atoms with Gasteiger partial charge in [0.1, 0.15) is 7.11 Å². The molecular formula is C26H28F3N3O7. The lowest BCUT2D eigenvalue weighted by atomic mass is 9.93. The Morgan fingerprint density at radius 2 is 1.74 bits per heavy atom. The van der Waals surface area contributed by atoms with Gasteiger partial charge in [0.15, 0.2) is 11.8 Å². The number of halogens is 3. The summed E-state index contributed by atoms with van der Waals surface area (Å²) in [4.78, 5) is 48.2. The predicted octanol–water partition coefficient (Wildman–Crippen LogP) is 4.92. The highest BCUT2D eigenvalue weighted by atomic mass is 19.4. The molecule has 0 aliphatic carbocycles. The molecule has 13 heteroatoms. The number of hydrogen-bond acceptors (Lipinski definition) is 9. The maximum absolute atomic E-state index is 13.4. The summed E-state index contributed by atoms with van der Waals surface area (Å²) < 4.78 is 49.8. The van der Waals surface area contributed by atoms with Gasteiger partial charge >= 0.3 is 18.2 Å². The standard InChI is InChI=1S/C26H28F3N3O7/c1-6-30-39-22(17-10-9-11-18(14-17)26(27,28)29)20-13-8-7-12-19(20)21(31-36-5)23(33)32(4)25(35)38-15-37-24(34)16(2)3/h6-14,16,22H,15H2,1-5H3/b30-6+,31-21+. The predicted molar refractivity (Wildman–Crippen MR) is 134 cm³/mol. The number of likely N-dealkylation sites (N-methyl/N-ethyl adjacent to an activating group) is 1. The van der Waals surface area contributed by atoms with E-state index < -0.39 is 48.5 Å². The first-order chi connectivity index (χ1) is 18.4. The summed E-state index contributed by atoms with van der Waals surface area (Å²) in [5.74, 6) is -2.04. The first kappa shape index (κ1) is 30.8. The van der Waals surface area contributed by atoms with Gasteiger partial charge in [-0.2, -0.15) is 13.2 Å². The summed E-state index contributed by atoms with van der Waals surface area (Å²) in [5, 5.41) is 7.50.